The molecule has 0 spiro atoms. The number of aromatic nitrogens is 2. The van der Waals surface area contributed by atoms with Crippen LogP contribution in [0.4, 0.5) is 0 Å². The normalized spacial score (nSPS) is 11.3. The maximum Gasteiger partial charge on any atom is 0.141 e. The lowest BCUT2D eigenvalue weighted by Gasteiger charge is -2.08. The van der Waals surface area contributed by atoms with E-state index in [0.717, 1.165) is 24.3 Å². The lowest BCUT2D eigenvalue weighted by molar-refractivity contribution is 0.704. The molecule has 22 heavy (non-hydrogen) atoms. The van der Waals surface area contributed by atoms with E-state index >= 15 is 0 Å². The zero-order valence-electron chi connectivity index (χ0n) is 12.7. The summed E-state index contributed by atoms with van der Waals surface area (Å²) < 4.78 is 2.33. The van der Waals surface area contributed by atoms with E-state index in [1.165, 1.54) is 21.9 Å². The third-order valence-corrected chi connectivity index (χ3v) is 4.11. The molecular weight excluding hydrogens is 268 g/mol. The molecule has 0 amide bonds. The van der Waals surface area contributed by atoms with Crippen molar-refractivity contribution in [2.24, 2.45) is 0 Å². The highest BCUT2D eigenvalue weighted by Gasteiger charge is 2.11. The van der Waals surface area contributed by atoms with Crippen molar-refractivity contribution in [3.63, 3.8) is 0 Å². The molecule has 1 aromatic heterocycles. The Labute approximate surface area is 130 Å². The molecule has 0 saturated heterocycles. The highest BCUT2D eigenvalue weighted by atomic mass is 15.1. The van der Waals surface area contributed by atoms with Gasteiger partial charge in [-0.05, 0) is 35.4 Å². The summed E-state index contributed by atoms with van der Waals surface area (Å²) >= 11 is 0. The summed E-state index contributed by atoms with van der Waals surface area (Å²) in [4.78, 5) is 4.87. The number of fused-ring (bicyclic) bond motifs is 2. The Morgan fingerprint density at radius 2 is 1.64 bits per heavy atom. The minimum absolute atomic E-state index is 0.989. The molecule has 0 N–H and O–H groups in total. The molecule has 4 aromatic rings. The first-order valence-corrected chi connectivity index (χ1v) is 7.81. The highest BCUT2D eigenvalue weighted by molar-refractivity contribution is 5.88. The topological polar surface area (TPSA) is 17.8 Å². The number of rotatable bonds is 3. The van der Waals surface area contributed by atoms with Gasteiger partial charge in [-0.2, -0.15) is 0 Å². The first-order chi connectivity index (χ1) is 10.9. The minimum atomic E-state index is 0.989. The largest absolute Gasteiger partial charge is 0.324 e. The van der Waals surface area contributed by atoms with Crippen molar-refractivity contribution >= 4 is 21.8 Å². The number of imidazole rings is 1. The van der Waals surface area contributed by atoms with E-state index in [0.29, 0.717) is 0 Å². The van der Waals surface area contributed by atoms with Gasteiger partial charge in [0.25, 0.3) is 0 Å². The van der Waals surface area contributed by atoms with Gasteiger partial charge in [-0.25, -0.2) is 4.98 Å². The molecule has 4 rings (SSSR count). The third kappa shape index (κ3) is 2.08. The van der Waals surface area contributed by atoms with Crippen LogP contribution >= 0.6 is 0 Å². The number of hydrogen-bond acceptors (Lipinski definition) is 1. The molecular formula is C20H18N2. The minimum Gasteiger partial charge on any atom is -0.324 e. The third-order valence-electron chi connectivity index (χ3n) is 4.11. The average molecular weight is 286 g/mol. The first-order valence-electron chi connectivity index (χ1n) is 7.81. The zero-order chi connectivity index (χ0) is 14.9. The lowest BCUT2D eigenvalue weighted by atomic mass is 10.1. The Kier molecular flexibility index (Phi) is 3.15. The number of para-hydroxylation sites is 2. The molecule has 1 heterocycles. The Hall–Kier alpha value is -2.61. The molecule has 0 aliphatic heterocycles. The Bertz CT molecular complexity index is 950. The molecule has 0 bridgehead atoms. The van der Waals surface area contributed by atoms with Crippen molar-refractivity contribution in [1.29, 1.82) is 0 Å². The molecule has 3 aromatic carbocycles. The summed E-state index contributed by atoms with van der Waals surface area (Å²) in [6, 6.07) is 23.4. The van der Waals surface area contributed by atoms with Crippen LogP contribution < -0.4 is 0 Å². The second-order valence-corrected chi connectivity index (χ2v) is 5.64. The van der Waals surface area contributed by atoms with Crippen LogP contribution in [-0.4, -0.2) is 9.55 Å². The van der Waals surface area contributed by atoms with Crippen LogP contribution in [0.5, 0.6) is 0 Å². The van der Waals surface area contributed by atoms with Crippen LogP contribution in [0.15, 0.2) is 66.7 Å². The fourth-order valence-electron chi connectivity index (χ4n) is 3.07. The van der Waals surface area contributed by atoms with Crippen LogP contribution in [0.1, 0.15) is 13.3 Å². The van der Waals surface area contributed by atoms with Crippen molar-refractivity contribution < 1.29 is 0 Å². The fraction of sp³-hybridized carbons (Fsp3) is 0.150. The van der Waals surface area contributed by atoms with Crippen molar-refractivity contribution in [3.05, 3.63) is 66.7 Å². The fourth-order valence-corrected chi connectivity index (χ4v) is 3.07. The molecule has 0 aliphatic rings. The van der Waals surface area contributed by atoms with Gasteiger partial charge < -0.3 is 4.57 Å². The molecule has 0 fully saturated rings. The molecule has 0 unspecified atom stereocenters. The van der Waals surface area contributed by atoms with E-state index in [-0.39, 0.29) is 0 Å². The summed E-state index contributed by atoms with van der Waals surface area (Å²) in [6.45, 7) is 3.20. The van der Waals surface area contributed by atoms with E-state index in [1.54, 1.807) is 0 Å². The molecule has 2 heteroatoms. The van der Waals surface area contributed by atoms with Gasteiger partial charge in [-0.3, -0.25) is 0 Å². The predicted molar refractivity (Wildman–Crippen MR) is 93.0 cm³/mol. The van der Waals surface area contributed by atoms with Crippen molar-refractivity contribution in [2.75, 3.05) is 0 Å². The second-order valence-electron chi connectivity index (χ2n) is 5.64. The molecule has 2 nitrogen and oxygen atoms in total. The van der Waals surface area contributed by atoms with Gasteiger partial charge in [0, 0.05) is 12.1 Å². The summed E-state index contributed by atoms with van der Waals surface area (Å²) in [5.41, 5.74) is 3.47. The number of benzene rings is 3. The van der Waals surface area contributed by atoms with Gasteiger partial charge >= 0.3 is 0 Å². The maximum absolute atomic E-state index is 4.87. The predicted octanol–water partition coefficient (Wildman–Crippen LogP) is 5.27. The van der Waals surface area contributed by atoms with Crippen molar-refractivity contribution in [2.45, 2.75) is 19.9 Å². The van der Waals surface area contributed by atoms with Crippen LogP contribution in [0.3, 0.4) is 0 Å². The van der Waals surface area contributed by atoms with Crippen molar-refractivity contribution in [3.8, 4) is 11.4 Å². The second kappa shape index (κ2) is 5.30. The van der Waals surface area contributed by atoms with Gasteiger partial charge in [0.15, 0.2) is 0 Å². The molecule has 0 atom stereocenters. The average Bonchev–Trinajstić information content (AvgIpc) is 2.94. The summed E-state index contributed by atoms with van der Waals surface area (Å²) in [7, 11) is 0. The van der Waals surface area contributed by atoms with E-state index in [9.17, 15) is 0 Å². The van der Waals surface area contributed by atoms with Gasteiger partial charge in [0.1, 0.15) is 5.82 Å². The van der Waals surface area contributed by atoms with Gasteiger partial charge in [0.2, 0.25) is 0 Å². The number of nitrogens with zero attached hydrogens (tertiary/aromatic N) is 2. The standard InChI is InChI=1S/C20H18N2/c1-2-13-22-19-10-6-5-9-18(19)21-20(22)17-12-11-15-7-3-4-8-16(15)14-17/h3-12,14H,2,13H2,1H3. The molecule has 0 radical (unpaired) electrons. The summed E-state index contributed by atoms with van der Waals surface area (Å²) in [6.07, 6.45) is 1.10. The molecule has 0 aliphatic carbocycles. The van der Waals surface area contributed by atoms with Crippen LogP contribution in [-0.2, 0) is 6.54 Å². The smallest absolute Gasteiger partial charge is 0.141 e. The van der Waals surface area contributed by atoms with E-state index in [2.05, 4.69) is 78.2 Å². The van der Waals surface area contributed by atoms with E-state index in [1.807, 2.05) is 0 Å². The van der Waals surface area contributed by atoms with E-state index in [4.69, 9.17) is 4.98 Å². The van der Waals surface area contributed by atoms with Crippen molar-refractivity contribution in [1.82, 2.24) is 9.55 Å². The van der Waals surface area contributed by atoms with Gasteiger partial charge in [-0.1, -0.05) is 55.5 Å². The number of hydrogen-bond donors (Lipinski definition) is 0. The Morgan fingerprint density at radius 1 is 0.864 bits per heavy atom. The Balaban J connectivity index is 1.96. The van der Waals surface area contributed by atoms with Gasteiger partial charge in [-0.15, -0.1) is 0 Å². The van der Waals surface area contributed by atoms with Gasteiger partial charge in [0.05, 0.1) is 11.0 Å². The lowest BCUT2D eigenvalue weighted by Crippen LogP contribution is -1.99. The highest BCUT2D eigenvalue weighted by Crippen LogP contribution is 2.27. The zero-order valence-corrected chi connectivity index (χ0v) is 12.7. The monoisotopic (exact) mass is 286 g/mol. The molecule has 0 saturated carbocycles. The summed E-state index contributed by atoms with van der Waals surface area (Å²) in [5.74, 6) is 1.06. The molecule has 108 valence electrons. The SMILES string of the molecule is CCCn1c(-c2ccc3ccccc3c2)nc2ccccc21. The summed E-state index contributed by atoms with van der Waals surface area (Å²) in [5, 5.41) is 2.53. The van der Waals surface area contributed by atoms with Crippen LogP contribution in [0.25, 0.3) is 33.2 Å². The quantitative estimate of drug-likeness (QED) is 0.502. The maximum atomic E-state index is 4.87. The van der Waals surface area contributed by atoms with E-state index < -0.39 is 0 Å². The first kappa shape index (κ1) is 13.1. The van der Waals surface area contributed by atoms with Crippen LogP contribution in [0, 0.1) is 0 Å². The number of aryl methyl sites for hydroxylation is 1. The van der Waals surface area contributed by atoms with Crippen LogP contribution in [0.2, 0.25) is 0 Å². The Morgan fingerprint density at radius 3 is 2.50 bits per heavy atom.